The highest BCUT2D eigenvalue weighted by Crippen LogP contribution is 2.41. The van der Waals surface area contributed by atoms with Gasteiger partial charge in [-0.15, -0.1) is 12.4 Å². The molecule has 1 aromatic rings. The summed E-state index contributed by atoms with van der Waals surface area (Å²) in [5.74, 6) is 1.27. The summed E-state index contributed by atoms with van der Waals surface area (Å²) >= 11 is 5.85. The molecule has 3 nitrogen and oxygen atoms in total. The fourth-order valence-electron chi connectivity index (χ4n) is 2.50. The molecule has 0 aromatic heterocycles. The maximum absolute atomic E-state index is 11.9. The summed E-state index contributed by atoms with van der Waals surface area (Å²) in [5, 5.41) is 6.97. The van der Waals surface area contributed by atoms with Crippen molar-refractivity contribution in [3.05, 3.63) is 34.9 Å². The van der Waals surface area contributed by atoms with Crippen LogP contribution in [-0.2, 0) is 0 Å². The van der Waals surface area contributed by atoms with Crippen LogP contribution in [-0.4, -0.2) is 25.0 Å². The van der Waals surface area contributed by atoms with Gasteiger partial charge < -0.3 is 10.6 Å². The zero-order valence-corrected chi connectivity index (χ0v) is 10.7. The molecule has 2 atom stereocenters. The monoisotopic (exact) mass is 272 g/mol. The Morgan fingerprint density at radius 3 is 2.71 bits per heavy atom. The van der Waals surface area contributed by atoms with Crippen molar-refractivity contribution < 1.29 is 4.79 Å². The first-order valence-electron chi connectivity index (χ1n) is 5.53. The highest BCUT2D eigenvalue weighted by Gasteiger charge is 2.53. The van der Waals surface area contributed by atoms with Crippen LogP contribution < -0.4 is 10.6 Å². The van der Waals surface area contributed by atoms with Crippen molar-refractivity contribution in [2.24, 2.45) is 11.8 Å². The fourth-order valence-corrected chi connectivity index (χ4v) is 2.69. The van der Waals surface area contributed by atoms with E-state index in [1.165, 1.54) is 0 Å². The number of amides is 1. The van der Waals surface area contributed by atoms with Crippen LogP contribution in [0.2, 0.25) is 5.02 Å². The van der Waals surface area contributed by atoms with Crippen molar-refractivity contribution in [1.29, 1.82) is 0 Å². The number of carbonyl (C=O) groups is 1. The maximum atomic E-state index is 11.9. The smallest absolute Gasteiger partial charge is 0.251 e. The number of piperidine rings is 1. The molecule has 3 rings (SSSR count). The average molecular weight is 273 g/mol. The van der Waals surface area contributed by atoms with Crippen molar-refractivity contribution in [3.8, 4) is 0 Å². The van der Waals surface area contributed by atoms with Gasteiger partial charge in [0.2, 0.25) is 0 Å². The summed E-state index contributed by atoms with van der Waals surface area (Å²) in [6.07, 6.45) is 0. The maximum Gasteiger partial charge on any atom is 0.251 e. The largest absolute Gasteiger partial charge is 0.349 e. The number of fused-ring (bicyclic) bond motifs is 1. The van der Waals surface area contributed by atoms with E-state index in [4.69, 9.17) is 11.6 Å². The van der Waals surface area contributed by atoms with Crippen molar-refractivity contribution in [3.63, 3.8) is 0 Å². The SMILES string of the molecule is Cl.O=C(NC1C2CNCC21)c1cccc(Cl)c1. The molecule has 1 heterocycles. The van der Waals surface area contributed by atoms with Gasteiger partial charge in [0.15, 0.2) is 0 Å². The first-order chi connectivity index (χ1) is 7.75. The molecule has 1 aromatic carbocycles. The van der Waals surface area contributed by atoms with E-state index in [0.29, 0.717) is 28.5 Å². The quantitative estimate of drug-likeness (QED) is 0.861. The molecule has 1 amide bonds. The number of rotatable bonds is 2. The molecular formula is C12H14Cl2N2O. The number of hydrogen-bond donors (Lipinski definition) is 2. The lowest BCUT2D eigenvalue weighted by atomic mass is 10.2. The Bertz CT molecular complexity index is 428. The van der Waals surface area contributed by atoms with Crippen molar-refractivity contribution in [2.45, 2.75) is 6.04 Å². The zero-order valence-electron chi connectivity index (χ0n) is 9.15. The van der Waals surface area contributed by atoms with Crippen LogP contribution in [0.4, 0.5) is 0 Å². The second-order valence-corrected chi connectivity index (χ2v) is 4.93. The second kappa shape index (κ2) is 4.84. The van der Waals surface area contributed by atoms with Gasteiger partial charge >= 0.3 is 0 Å². The van der Waals surface area contributed by atoms with E-state index in [1.807, 2.05) is 0 Å². The molecule has 1 aliphatic carbocycles. The van der Waals surface area contributed by atoms with Crippen LogP contribution in [0.3, 0.4) is 0 Å². The van der Waals surface area contributed by atoms with Crippen LogP contribution in [0.1, 0.15) is 10.4 Å². The minimum absolute atomic E-state index is 0. The molecule has 17 heavy (non-hydrogen) atoms. The number of benzene rings is 1. The van der Waals surface area contributed by atoms with Gasteiger partial charge in [-0.3, -0.25) is 4.79 Å². The van der Waals surface area contributed by atoms with Gasteiger partial charge in [0.1, 0.15) is 0 Å². The Morgan fingerprint density at radius 1 is 1.35 bits per heavy atom. The van der Waals surface area contributed by atoms with Crippen LogP contribution in [0, 0.1) is 11.8 Å². The highest BCUT2D eigenvalue weighted by molar-refractivity contribution is 6.30. The molecule has 0 radical (unpaired) electrons. The predicted molar refractivity (Wildman–Crippen MR) is 69.8 cm³/mol. The summed E-state index contributed by atoms with van der Waals surface area (Å²) in [7, 11) is 0. The van der Waals surface area contributed by atoms with E-state index < -0.39 is 0 Å². The van der Waals surface area contributed by atoms with Gasteiger partial charge in [-0.25, -0.2) is 0 Å². The molecular weight excluding hydrogens is 259 g/mol. The zero-order chi connectivity index (χ0) is 11.1. The summed E-state index contributed by atoms with van der Waals surface area (Å²) in [4.78, 5) is 11.9. The van der Waals surface area contributed by atoms with E-state index in [0.717, 1.165) is 13.1 Å². The molecule has 1 saturated carbocycles. The number of nitrogens with one attached hydrogen (secondary N) is 2. The molecule has 92 valence electrons. The standard InChI is InChI=1S/C12H13ClN2O.ClH/c13-8-3-1-2-7(4-8)12(16)15-11-9-5-14-6-10(9)11;/h1-4,9-11,14H,5-6H2,(H,15,16);1H. The van der Waals surface area contributed by atoms with Crippen LogP contribution in [0.5, 0.6) is 0 Å². The van der Waals surface area contributed by atoms with E-state index >= 15 is 0 Å². The summed E-state index contributed by atoms with van der Waals surface area (Å²) in [5.41, 5.74) is 0.644. The summed E-state index contributed by atoms with van der Waals surface area (Å²) in [6, 6.07) is 7.43. The number of halogens is 2. The van der Waals surface area contributed by atoms with Crippen LogP contribution >= 0.6 is 24.0 Å². The molecule has 2 aliphatic rings. The minimum atomic E-state index is -0.0121. The van der Waals surface area contributed by atoms with Gasteiger partial charge in [0, 0.05) is 29.7 Å². The second-order valence-electron chi connectivity index (χ2n) is 4.50. The van der Waals surface area contributed by atoms with Gasteiger partial charge in [0.25, 0.3) is 5.91 Å². The highest BCUT2D eigenvalue weighted by atomic mass is 35.5. The van der Waals surface area contributed by atoms with Gasteiger partial charge in [0.05, 0.1) is 0 Å². The van der Waals surface area contributed by atoms with Crippen molar-refractivity contribution >= 4 is 29.9 Å². The third-order valence-corrected chi connectivity index (χ3v) is 3.71. The van der Waals surface area contributed by atoms with Crippen molar-refractivity contribution in [2.75, 3.05) is 13.1 Å². The topological polar surface area (TPSA) is 41.1 Å². The number of hydrogen-bond acceptors (Lipinski definition) is 2. The molecule has 2 unspecified atom stereocenters. The van der Waals surface area contributed by atoms with Gasteiger partial charge in [-0.05, 0) is 30.0 Å². The van der Waals surface area contributed by atoms with E-state index in [2.05, 4.69) is 10.6 Å². The van der Waals surface area contributed by atoms with E-state index in [9.17, 15) is 4.79 Å². The molecule has 0 bridgehead atoms. The Morgan fingerprint density at radius 2 is 2.06 bits per heavy atom. The molecule has 0 spiro atoms. The number of carbonyl (C=O) groups excluding carboxylic acids is 1. The lowest BCUT2D eigenvalue weighted by molar-refractivity contribution is 0.0946. The van der Waals surface area contributed by atoms with Crippen LogP contribution in [0.25, 0.3) is 0 Å². The van der Waals surface area contributed by atoms with Crippen LogP contribution in [0.15, 0.2) is 24.3 Å². The van der Waals surface area contributed by atoms with E-state index in [-0.39, 0.29) is 18.3 Å². The third kappa shape index (κ3) is 2.41. The Balaban J connectivity index is 0.00000108. The van der Waals surface area contributed by atoms with Gasteiger partial charge in [-0.2, -0.15) is 0 Å². The Kier molecular flexibility index (Phi) is 3.61. The third-order valence-electron chi connectivity index (χ3n) is 3.48. The lowest BCUT2D eigenvalue weighted by Crippen LogP contribution is -2.32. The summed E-state index contributed by atoms with van der Waals surface area (Å²) < 4.78 is 0. The van der Waals surface area contributed by atoms with Gasteiger partial charge in [-0.1, -0.05) is 17.7 Å². The predicted octanol–water partition coefficient (Wildman–Crippen LogP) is 1.71. The Labute approximate surface area is 111 Å². The summed E-state index contributed by atoms with van der Waals surface area (Å²) in [6.45, 7) is 2.07. The molecule has 1 saturated heterocycles. The fraction of sp³-hybridized carbons (Fsp3) is 0.417. The molecule has 5 heteroatoms. The first-order valence-corrected chi connectivity index (χ1v) is 5.90. The lowest BCUT2D eigenvalue weighted by Gasteiger charge is -2.07. The molecule has 2 fully saturated rings. The van der Waals surface area contributed by atoms with Crippen molar-refractivity contribution in [1.82, 2.24) is 10.6 Å². The first kappa shape index (κ1) is 12.7. The molecule has 1 aliphatic heterocycles. The normalized spacial score (nSPS) is 29.1. The minimum Gasteiger partial charge on any atom is -0.349 e. The van der Waals surface area contributed by atoms with E-state index in [1.54, 1.807) is 24.3 Å². The Hall–Kier alpha value is -0.770. The average Bonchev–Trinajstić information content (AvgIpc) is 2.74. The molecule has 2 N–H and O–H groups in total.